The lowest BCUT2D eigenvalue weighted by Gasteiger charge is -2.40. The summed E-state index contributed by atoms with van der Waals surface area (Å²) in [6, 6.07) is 2.15. The standard InChI is InChI=1S/C32H50N2O2/c35-31(33-27-13-5-1-9-23(27)24-10-2-6-14-28(24)33)21-17-19-22(20-18-21)32(36)34-29-15-7-3-11-25(29)26-12-4-8-16-30(26)34/h21-30H,1-20H2. The number of carbonyl (C=O) groups is 2. The fraction of sp³-hybridized carbons (Fsp3) is 0.938. The van der Waals surface area contributed by atoms with Crippen LogP contribution in [-0.4, -0.2) is 45.8 Å². The van der Waals surface area contributed by atoms with Gasteiger partial charge < -0.3 is 9.80 Å². The van der Waals surface area contributed by atoms with Crippen molar-refractivity contribution in [3.8, 4) is 0 Å². The van der Waals surface area contributed by atoms with Crippen LogP contribution in [0.15, 0.2) is 0 Å². The first-order valence-corrected chi connectivity index (χ1v) is 16.4. The highest BCUT2D eigenvalue weighted by Gasteiger charge is 2.54. The van der Waals surface area contributed by atoms with Crippen molar-refractivity contribution in [2.75, 3.05) is 0 Å². The molecule has 8 unspecified atom stereocenters. The SMILES string of the molecule is O=C(C1CCC(C(=O)N2C3CCCCC3C3CCCCC32)CC1)N1C2CCCCC2C2CCCCC21. The number of amides is 2. The van der Waals surface area contributed by atoms with Gasteiger partial charge in [-0.2, -0.15) is 0 Å². The molecule has 0 bridgehead atoms. The molecule has 7 aliphatic rings. The van der Waals surface area contributed by atoms with Crippen LogP contribution in [-0.2, 0) is 9.59 Å². The summed E-state index contributed by atoms with van der Waals surface area (Å²) in [5, 5.41) is 0. The Balaban J connectivity index is 1.02. The van der Waals surface area contributed by atoms with Crippen molar-refractivity contribution in [2.24, 2.45) is 35.5 Å². The molecule has 200 valence electrons. The van der Waals surface area contributed by atoms with Crippen LogP contribution in [0.4, 0.5) is 0 Å². The Hall–Kier alpha value is -1.06. The molecular formula is C32H50N2O2. The molecule has 8 atom stereocenters. The highest BCUT2D eigenvalue weighted by Crippen LogP contribution is 2.52. The molecule has 0 aromatic rings. The van der Waals surface area contributed by atoms with Crippen molar-refractivity contribution in [1.82, 2.24) is 9.80 Å². The molecule has 36 heavy (non-hydrogen) atoms. The van der Waals surface area contributed by atoms with E-state index in [-0.39, 0.29) is 11.8 Å². The van der Waals surface area contributed by atoms with Crippen LogP contribution in [0.25, 0.3) is 0 Å². The Morgan fingerprint density at radius 2 is 0.611 bits per heavy atom. The lowest BCUT2D eigenvalue weighted by Crippen LogP contribution is -2.49. The Kier molecular flexibility index (Phi) is 6.61. The van der Waals surface area contributed by atoms with Gasteiger partial charge in [0.05, 0.1) is 0 Å². The van der Waals surface area contributed by atoms with Crippen LogP contribution in [0.5, 0.6) is 0 Å². The van der Waals surface area contributed by atoms with Crippen molar-refractivity contribution in [1.29, 1.82) is 0 Å². The largest absolute Gasteiger partial charge is 0.336 e. The predicted molar refractivity (Wildman–Crippen MR) is 142 cm³/mol. The number of fused-ring (bicyclic) bond motifs is 6. The molecular weight excluding hydrogens is 444 g/mol. The van der Waals surface area contributed by atoms with Gasteiger partial charge in [-0.3, -0.25) is 9.59 Å². The minimum atomic E-state index is 0.181. The molecule has 0 spiro atoms. The Bertz CT molecular complexity index is 722. The van der Waals surface area contributed by atoms with Crippen LogP contribution < -0.4 is 0 Å². The van der Waals surface area contributed by atoms with Crippen molar-refractivity contribution >= 4 is 11.8 Å². The zero-order valence-corrected chi connectivity index (χ0v) is 22.6. The highest BCUT2D eigenvalue weighted by molar-refractivity contribution is 5.82. The number of hydrogen-bond acceptors (Lipinski definition) is 2. The van der Waals surface area contributed by atoms with Gasteiger partial charge in [0.1, 0.15) is 0 Å². The van der Waals surface area contributed by atoms with Crippen molar-refractivity contribution in [2.45, 2.75) is 153 Å². The summed E-state index contributed by atoms with van der Waals surface area (Å²) in [5.41, 5.74) is 0. The summed E-state index contributed by atoms with van der Waals surface area (Å²) in [6.07, 6.45) is 25.0. The van der Waals surface area contributed by atoms with Crippen LogP contribution in [0.1, 0.15) is 128 Å². The highest BCUT2D eigenvalue weighted by atomic mass is 16.2. The summed E-state index contributed by atoms with van der Waals surface area (Å²) >= 11 is 0. The van der Waals surface area contributed by atoms with E-state index in [0.29, 0.717) is 36.0 Å². The molecule has 5 aliphatic carbocycles. The zero-order valence-electron chi connectivity index (χ0n) is 22.6. The first-order valence-electron chi connectivity index (χ1n) is 16.4. The molecule has 2 saturated heterocycles. The molecule has 0 radical (unpaired) electrons. The molecule has 7 fully saturated rings. The normalized spacial score (nSPS) is 46.4. The van der Waals surface area contributed by atoms with Crippen LogP contribution in [0.3, 0.4) is 0 Å². The third-order valence-corrected chi connectivity index (χ3v) is 12.6. The Morgan fingerprint density at radius 3 is 0.889 bits per heavy atom. The second-order valence-electron chi connectivity index (χ2n) is 14.1. The fourth-order valence-corrected chi connectivity index (χ4v) is 11.1. The molecule has 0 aromatic heterocycles. The fourth-order valence-electron chi connectivity index (χ4n) is 11.1. The molecule has 2 amide bonds. The lowest BCUT2D eigenvalue weighted by atomic mass is 9.73. The van der Waals surface area contributed by atoms with E-state index in [2.05, 4.69) is 9.80 Å². The van der Waals surface area contributed by atoms with E-state index < -0.39 is 0 Å². The van der Waals surface area contributed by atoms with Crippen LogP contribution in [0.2, 0.25) is 0 Å². The van der Waals surface area contributed by atoms with Gasteiger partial charge in [-0.05, 0) is 101 Å². The molecule has 2 aliphatic heterocycles. The maximum atomic E-state index is 14.0. The number of rotatable bonds is 2. The lowest BCUT2D eigenvalue weighted by molar-refractivity contribution is -0.146. The van der Waals surface area contributed by atoms with Gasteiger partial charge in [-0.1, -0.05) is 51.4 Å². The second-order valence-corrected chi connectivity index (χ2v) is 14.1. The van der Waals surface area contributed by atoms with Gasteiger partial charge >= 0.3 is 0 Å². The average molecular weight is 495 g/mol. The first kappa shape index (κ1) is 24.0. The third-order valence-electron chi connectivity index (χ3n) is 12.6. The van der Waals surface area contributed by atoms with E-state index in [1.165, 1.54) is 103 Å². The Morgan fingerprint density at radius 1 is 0.361 bits per heavy atom. The predicted octanol–water partition coefficient (Wildman–Crippen LogP) is 6.71. The molecule has 0 N–H and O–H groups in total. The van der Waals surface area contributed by atoms with Crippen LogP contribution in [0, 0.1) is 35.5 Å². The van der Waals surface area contributed by atoms with Crippen molar-refractivity contribution in [3.63, 3.8) is 0 Å². The first-order chi connectivity index (χ1) is 17.7. The van der Waals surface area contributed by atoms with Gasteiger partial charge in [0.15, 0.2) is 0 Å². The molecule has 5 saturated carbocycles. The smallest absolute Gasteiger partial charge is 0.226 e. The van der Waals surface area contributed by atoms with Gasteiger partial charge in [0.2, 0.25) is 11.8 Å². The summed E-state index contributed by atoms with van der Waals surface area (Å²) in [7, 11) is 0. The third kappa shape index (κ3) is 3.89. The summed E-state index contributed by atoms with van der Waals surface area (Å²) in [5.74, 6) is 4.49. The topological polar surface area (TPSA) is 40.6 Å². The summed E-state index contributed by atoms with van der Waals surface area (Å²) in [4.78, 5) is 33.0. The van der Waals surface area contributed by atoms with Gasteiger partial charge in [-0.15, -0.1) is 0 Å². The van der Waals surface area contributed by atoms with Crippen molar-refractivity contribution in [3.05, 3.63) is 0 Å². The monoisotopic (exact) mass is 494 g/mol. The van der Waals surface area contributed by atoms with Crippen molar-refractivity contribution < 1.29 is 9.59 Å². The maximum absolute atomic E-state index is 14.0. The van der Waals surface area contributed by atoms with E-state index in [0.717, 1.165) is 49.4 Å². The van der Waals surface area contributed by atoms with Gasteiger partial charge in [-0.25, -0.2) is 0 Å². The minimum absolute atomic E-state index is 0.181. The van der Waals surface area contributed by atoms with Crippen LogP contribution >= 0.6 is 0 Å². The Labute approximate surface area is 219 Å². The summed E-state index contributed by atoms with van der Waals surface area (Å²) < 4.78 is 0. The zero-order chi connectivity index (χ0) is 24.2. The number of nitrogens with zero attached hydrogens (tertiary/aromatic N) is 2. The number of hydrogen-bond donors (Lipinski definition) is 0. The molecule has 4 nitrogen and oxygen atoms in total. The molecule has 4 heteroatoms. The van der Waals surface area contributed by atoms with E-state index >= 15 is 0 Å². The van der Waals surface area contributed by atoms with E-state index in [1.54, 1.807) is 0 Å². The van der Waals surface area contributed by atoms with Gasteiger partial charge in [0, 0.05) is 36.0 Å². The van der Waals surface area contributed by atoms with E-state index in [4.69, 9.17) is 0 Å². The molecule has 7 rings (SSSR count). The number of likely N-dealkylation sites (tertiary alicyclic amines) is 2. The summed E-state index contributed by atoms with van der Waals surface area (Å²) in [6.45, 7) is 0. The minimum Gasteiger partial charge on any atom is -0.336 e. The van der Waals surface area contributed by atoms with E-state index in [1.807, 2.05) is 0 Å². The quantitative estimate of drug-likeness (QED) is 0.428. The average Bonchev–Trinajstić information content (AvgIpc) is 3.46. The van der Waals surface area contributed by atoms with E-state index in [9.17, 15) is 9.59 Å². The molecule has 2 heterocycles. The molecule has 0 aromatic carbocycles. The van der Waals surface area contributed by atoms with Gasteiger partial charge in [0.25, 0.3) is 0 Å². The number of carbonyl (C=O) groups excluding carboxylic acids is 2. The second kappa shape index (κ2) is 9.92. The maximum Gasteiger partial charge on any atom is 0.226 e.